The molecule has 0 aromatic heterocycles. The first kappa shape index (κ1) is 19.3. The molecule has 4 nitrogen and oxygen atoms in total. The summed E-state index contributed by atoms with van der Waals surface area (Å²) in [5.41, 5.74) is 3.85. The van der Waals surface area contributed by atoms with E-state index in [9.17, 15) is 4.79 Å². The quantitative estimate of drug-likeness (QED) is 0.728. The number of fused-ring (bicyclic) bond motifs is 1. The number of hydrogen-bond donors (Lipinski definition) is 0. The zero-order valence-electron chi connectivity index (χ0n) is 16.5. The number of ether oxygens (including phenoxy) is 2. The van der Waals surface area contributed by atoms with Crippen LogP contribution in [0.25, 0.3) is 0 Å². The lowest BCUT2D eigenvalue weighted by Gasteiger charge is -2.25. The normalized spacial score (nSPS) is 14.2. The maximum Gasteiger partial charge on any atom is 0.263 e. The van der Waals surface area contributed by atoms with Crippen LogP contribution in [0.4, 0.5) is 0 Å². The van der Waals surface area contributed by atoms with Crippen molar-refractivity contribution >= 4 is 5.91 Å². The second kappa shape index (κ2) is 8.94. The fourth-order valence-electron chi connectivity index (χ4n) is 3.58. The molecule has 0 fully saturated rings. The maximum atomic E-state index is 12.9. The van der Waals surface area contributed by atoms with E-state index < -0.39 is 6.10 Å². The fraction of sp³-hybridized carbons (Fsp3) is 0.435. The van der Waals surface area contributed by atoms with E-state index in [-0.39, 0.29) is 5.91 Å². The average molecular weight is 367 g/mol. The Morgan fingerprint density at radius 3 is 2.37 bits per heavy atom. The summed E-state index contributed by atoms with van der Waals surface area (Å²) >= 11 is 0. The molecular formula is C23H29NO3. The molecule has 0 radical (unpaired) electrons. The van der Waals surface area contributed by atoms with Gasteiger partial charge in [-0.2, -0.15) is 0 Å². The van der Waals surface area contributed by atoms with Crippen molar-refractivity contribution in [3.63, 3.8) is 0 Å². The Balaban J connectivity index is 1.64. The van der Waals surface area contributed by atoms with Gasteiger partial charge in [0.05, 0.1) is 7.11 Å². The molecule has 0 heterocycles. The molecule has 1 amide bonds. The van der Waals surface area contributed by atoms with Crippen molar-refractivity contribution in [3.05, 3.63) is 59.2 Å². The molecule has 4 heteroatoms. The minimum Gasteiger partial charge on any atom is -0.497 e. The number of carbonyl (C=O) groups excluding carboxylic acids is 1. The Labute approximate surface area is 162 Å². The van der Waals surface area contributed by atoms with Crippen LogP contribution < -0.4 is 9.47 Å². The van der Waals surface area contributed by atoms with Crippen molar-refractivity contribution in [1.82, 2.24) is 4.90 Å². The molecule has 1 aliphatic rings. The average Bonchev–Trinajstić information content (AvgIpc) is 2.72. The summed E-state index contributed by atoms with van der Waals surface area (Å²) in [4.78, 5) is 14.6. The van der Waals surface area contributed by atoms with Crippen molar-refractivity contribution in [2.45, 2.75) is 51.7 Å². The third-order valence-corrected chi connectivity index (χ3v) is 5.20. The summed E-state index contributed by atoms with van der Waals surface area (Å²) in [5.74, 6) is 1.62. The van der Waals surface area contributed by atoms with Gasteiger partial charge in [-0.3, -0.25) is 4.79 Å². The first-order chi connectivity index (χ1) is 13.1. The van der Waals surface area contributed by atoms with Crippen LogP contribution in [-0.2, 0) is 24.2 Å². The van der Waals surface area contributed by atoms with Crippen molar-refractivity contribution in [2.24, 2.45) is 0 Å². The molecule has 0 N–H and O–H groups in total. The van der Waals surface area contributed by atoms with Crippen molar-refractivity contribution < 1.29 is 14.3 Å². The van der Waals surface area contributed by atoms with E-state index in [1.807, 2.05) is 44.3 Å². The zero-order valence-corrected chi connectivity index (χ0v) is 16.5. The van der Waals surface area contributed by atoms with E-state index >= 15 is 0 Å². The summed E-state index contributed by atoms with van der Waals surface area (Å²) in [6, 6.07) is 14.1. The van der Waals surface area contributed by atoms with Gasteiger partial charge in [-0.15, -0.1) is 0 Å². The lowest BCUT2D eigenvalue weighted by molar-refractivity contribution is -0.138. The molecule has 0 bridgehead atoms. The molecule has 2 aromatic carbocycles. The van der Waals surface area contributed by atoms with Crippen molar-refractivity contribution in [2.75, 3.05) is 14.2 Å². The summed E-state index contributed by atoms with van der Waals surface area (Å²) in [5, 5.41) is 0. The van der Waals surface area contributed by atoms with Gasteiger partial charge in [-0.05, 0) is 73.1 Å². The number of amides is 1. The van der Waals surface area contributed by atoms with E-state index in [1.54, 1.807) is 12.0 Å². The van der Waals surface area contributed by atoms with E-state index in [0.717, 1.165) is 29.9 Å². The first-order valence-corrected chi connectivity index (χ1v) is 9.77. The van der Waals surface area contributed by atoms with E-state index in [1.165, 1.54) is 24.0 Å². The Hall–Kier alpha value is -2.49. The Bertz CT molecular complexity index is 770. The molecule has 144 valence electrons. The third-order valence-electron chi connectivity index (χ3n) is 5.20. The Morgan fingerprint density at radius 2 is 1.70 bits per heavy atom. The molecule has 0 saturated heterocycles. The first-order valence-electron chi connectivity index (χ1n) is 9.77. The van der Waals surface area contributed by atoms with Crippen LogP contribution in [0, 0.1) is 0 Å². The topological polar surface area (TPSA) is 38.8 Å². The van der Waals surface area contributed by atoms with Crippen LogP contribution in [0.5, 0.6) is 11.5 Å². The lowest BCUT2D eigenvalue weighted by Crippen LogP contribution is -2.39. The Morgan fingerprint density at radius 1 is 1.04 bits per heavy atom. The summed E-state index contributed by atoms with van der Waals surface area (Å²) < 4.78 is 11.3. The van der Waals surface area contributed by atoms with Gasteiger partial charge in [0.25, 0.3) is 5.91 Å². The van der Waals surface area contributed by atoms with Crippen molar-refractivity contribution in [3.8, 4) is 11.5 Å². The SMILES string of the molecule is CC[C@@H](Oc1ccc2c(c1)CCCC2)C(=O)N(C)Cc1ccc(OC)cc1. The predicted octanol–water partition coefficient (Wildman–Crippen LogP) is 4.39. The standard InChI is InChI=1S/C23H29NO3/c1-4-22(27-21-14-11-18-7-5-6-8-19(18)15-21)23(25)24(2)16-17-9-12-20(26-3)13-10-17/h9-15,22H,4-8,16H2,1-3H3/t22-/m1/s1. The Kier molecular flexibility index (Phi) is 6.38. The van der Waals surface area contributed by atoms with Gasteiger partial charge in [0.2, 0.25) is 0 Å². The largest absolute Gasteiger partial charge is 0.497 e. The van der Waals surface area contributed by atoms with E-state index in [4.69, 9.17) is 9.47 Å². The highest BCUT2D eigenvalue weighted by Crippen LogP contribution is 2.26. The van der Waals surface area contributed by atoms with Crippen LogP contribution in [-0.4, -0.2) is 31.1 Å². The van der Waals surface area contributed by atoms with E-state index in [0.29, 0.717) is 13.0 Å². The summed E-state index contributed by atoms with van der Waals surface area (Å²) in [6.45, 7) is 2.54. The van der Waals surface area contributed by atoms with Gasteiger partial charge in [-0.1, -0.05) is 25.1 Å². The van der Waals surface area contributed by atoms with Gasteiger partial charge in [0, 0.05) is 13.6 Å². The summed E-state index contributed by atoms with van der Waals surface area (Å²) in [7, 11) is 3.47. The number of rotatable bonds is 7. The number of likely N-dealkylation sites (N-methyl/N-ethyl adjacent to an activating group) is 1. The molecule has 0 spiro atoms. The molecule has 27 heavy (non-hydrogen) atoms. The van der Waals surface area contributed by atoms with Crippen LogP contribution in [0.3, 0.4) is 0 Å². The van der Waals surface area contributed by atoms with Gasteiger partial charge < -0.3 is 14.4 Å². The molecule has 1 atom stereocenters. The molecule has 1 aliphatic carbocycles. The van der Waals surface area contributed by atoms with Gasteiger partial charge >= 0.3 is 0 Å². The van der Waals surface area contributed by atoms with Crippen molar-refractivity contribution in [1.29, 1.82) is 0 Å². The number of benzene rings is 2. The molecule has 0 unspecified atom stereocenters. The monoisotopic (exact) mass is 367 g/mol. The minimum absolute atomic E-state index is 0.00559. The molecule has 3 rings (SSSR count). The minimum atomic E-state index is -0.463. The fourth-order valence-corrected chi connectivity index (χ4v) is 3.58. The number of carbonyl (C=O) groups is 1. The highest BCUT2D eigenvalue weighted by molar-refractivity contribution is 5.81. The smallest absolute Gasteiger partial charge is 0.263 e. The second-order valence-corrected chi connectivity index (χ2v) is 7.19. The number of nitrogens with zero attached hydrogens (tertiary/aromatic N) is 1. The third kappa shape index (κ3) is 4.82. The van der Waals surface area contributed by atoms with Gasteiger partial charge in [0.1, 0.15) is 11.5 Å². The predicted molar refractivity (Wildman–Crippen MR) is 107 cm³/mol. The van der Waals surface area contributed by atoms with Gasteiger partial charge in [0.15, 0.2) is 6.10 Å². The van der Waals surface area contributed by atoms with Crippen LogP contribution in [0.15, 0.2) is 42.5 Å². The molecule has 0 saturated carbocycles. The number of aryl methyl sites for hydroxylation is 2. The second-order valence-electron chi connectivity index (χ2n) is 7.19. The van der Waals surface area contributed by atoms with E-state index in [2.05, 4.69) is 12.1 Å². The highest BCUT2D eigenvalue weighted by Gasteiger charge is 2.23. The molecular weight excluding hydrogens is 338 g/mol. The molecule has 0 aliphatic heterocycles. The molecule has 2 aromatic rings. The lowest BCUT2D eigenvalue weighted by atomic mass is 9.92. The zero-order chi connectivity index (χ0) is 19.2. The van der Waals surface area contributed by atoms with Gasteiger partial charge in [-0.25, -0.2) is 0 Å². The summed E-state index contributed by atoms with van der Waals surface area (Å²) in [6.07, 6.45) is 4.93. The number of hydrogen-bond acceptors (Lipinski definition) is 3. The maximum absolute atomic E-state index is 12.9. The number of methoxy groups -OCH3 is 1. The van der Waals surface area contributed by atoms with Crippen LogP contribution in [0.1, 0.15) is 42.9 Å². The van der Waals surface area contributed by atoms with Crippen LogP contribution in [0.2, 0.25) is 0 Å². The highest BCUT2D eigenvalue weighted by atomic mass is 16.5. The van der Waals surface area contributed by atoms with Crippen LogP contribution >= 0.6 is 0 Å².